The molecule has 2 aromatic carbocycles. The predicted octanol–water partition coefficient (Wildman–Crippen LogP) is 4.20. The second-order valence-electron chi connectivity index (χ2n) is 5.31. The number of anilines is 1. The molecule has 0 saturated carbocycles. The molecule has 0 fully saturated rings. The zero-order chi connectivity index (χ0) is 17.1. The van der Waals surface area contributed by atoms with Gasteiger partial charge in [-0.2, -0.15) is 5.10 Å². The van der Waals surface area contributed by atoms with Crippen LogP contribution in [-0.2, 0) is 0 Å². The Labute approximate surface area is 148 Å². The topological polar surface area (TPSA) is 56.1 Å². The summed E-state index contributed by atoms with van der Waals surface area (Å²) in [5, 5.41) is 7.10. The molecule has 5 nitrogen and oxygen atoms in total. The molecule has 3 aromatic rings. The Morgan fingerprint density at radius 1 is 1.21 bits per heavy atom. The molecule has 6 heteroatoms. The van der Waals surface area contributed by atoms with Gasteiger partial charge in [0.1, 0.15) is 5.75 Å². The number of hydrogen-bond donors (Lipinski definition) is 1. The lowest BCUT2D eigenvalue weighted by molar-refractivity contribution is 0.102. The number of benzene rings is 2. The van der Waals surface area contributed by atoms with E-state index in [2.05, 4.69) is 26.3 Å². The molecule has 1 aromatic heterocycles. The average molecular weight is 386 g/mol. The fourth-order valence-corrected chi connectivity index (χ4v) is 2.61. The van der Waals surface area contributed by atoms with Gasteiger partial charge in [0.2, 0.25) is 0 Å². The van der Waals surface area contributed by atoms with Crippen molar-refractivity contribution in [1.29, 1.82) is 0 Å². The van der Waals surface area contributed by atoms with Gasteiger partial charge in [-0.05, 0) is 64.8 Å². The standard InChI is InChI=1S/C18H16BrN3O2/c1-12-3-8-17(24-2)16(9-12)21-18(23)13-4-6-15(7-5-13)22-11-14(19)10-20-22/h3-11H,1-2H3,(H,21,23). The van der Waals surface area contributed by atoms with Crippen molar-refractivity contribution in [2.24, 2.45) is 0 Å². The summed E-state index contributed by atoms with van der Waals surface area (Å²) < 4.78 is 7.92. The second kappa shape index (κ2) is 6.88. The van der Waals surface area contributed by atoms with E-state index in [4.69, 9.17) is 4.74 Å². The van der Waals surface area contributed by atoms with E-state index in [1.807, 2.05) is 43.5 Å². The third-order valence-corrected chi connectivity index (χ3v) is 3.96. The van der Waals surface area contributed by atoms with Crippen molar-refractivity contribution >= 4 is 27.5 Å². The number of hydrogen-bond acceptors (Lipinski definition) is 3. The zero-order valence-corrected chi connectivity index (χ0v) is 14.9. The minimum Gasteiger partial charge on any atom is -0.495 e. The predicted molar refractivity (Wildman–Crippen MR) is 96.9 cm³/mol. The summed E-state index contributed by atoms with van der Waals surface area (Å²) in [6.45, 7) is 1.96. The van der Waals surface area contributed by atoms with Gasteiger partial charge in [0.15, 0.2) is 0 Å². The first-order valence-electron chi connectivity index (χ1n) is 7.33. The van der Waals surface area contributed by atoms with Crippen LogP contribution in [-0.4, -0.2) is 22.8 Å². The molecule has 0 saturated heterocycles. The van der Waals surface area contributed by atoms with Crippen molar-refractivity contribution in [3.8, 4) is 11.4 Å². The lowest BCUT2D eigenvalue weighted by Gasteiger charge is -2.11. The summed E-state index contributed by atoms with van der Waals surface area (Å²) in [5.41, 5.74) is 3.15. The molecule has 1 N–H and O–H groups in total. The van der Waals surface area contributed by atoms with E-state index < -0.39 is 0 Å². The normalized spacial score (nSPS) is 10.5. The largest absolute Gasteiger partial charge is 0.495 e. The fraction of sp³-hybridized carbons (Fsp3) is 0.111. The maximum Gasteiger partial charge on any atom is 0.255 e. The number of rotatable bonds is 4. The van der Waals surface area contributed by atoms with Crippen LogP contribution >= 0.6 is 15.9 Å². The van der Waals surface area contributed by atoms with Crippen LogP contribution in [0.4, 0.5) is 5.69 Å². The van der Waals surface area contributed by atoms with Crippen molar-refractivity contribution in [3.63, 3.8) is 0 Å². The Morgan fingerprint density at radius 3 is 2.58 bits per heavy atom. The van der Waals surface area contributed by atoms with E-state index in [1.165, 1.54) is 0 Å². The van der Waals surface area contributed by atoms with E-state index in [-0.39, 0.29) is 5.91 Å². The monoisotopic (exact) mass is 385 g/mol. The summed E-state index contributed by atoms with van der Waals surface area (Å²) in [7, 11) is 1.58. The third-order valence-electron chi connectivity index (χ3n) is 3.55. The molecule has 122 valence electrons. The fourth-order valence-electron chi connectivity index (χ4n) is 2.32. The summed E-state index contributed by atoms with van der Waals surface area (Å²) >= 11 is 3.36. The lowest BCUT2D eigenvalue weighted by Crippen LogP contribution is -2.13. The number of amides is 1. The number of nitrogens with zero attached hydrogens (tertiary/aromatic N) is 2. The number of aromatic nitrogens is 2. The highest BCUT2D eigenvalue weighted by atomic mass is 79.9. The van der Waals surface area contributed by atoms with Gasteiger partial charge in [-0.1, -0.05) is 6.07 Å². The molecule has 0 aliphatic rings. The zero-order valence-electron chi connectivity index (χ0n) is 13.3. The lowest BCUT2D eigenvalue weighted by atomic mass is 10.1. The Bertz CT molecular complexity index is 872. The van der Waals surface area contributed by atoms with Crippen LogP contribution < -0.4 is 10.1 Å². The van der Waals surface area contributed by atoms with Gasteiger partial charge in [0, 0.05) is 11.8 Å². The van der Waals surface area contributed by atoms with Crippen molar-refractivity contribution in [2.75, 3.05) is 12.4 Å². The van der Waals surface area contributed by atoms with Crippen molar-refractivity contribution in [1.82, 2.24) is 9.78 Å². The minimum atomic E-state index is -0.188. The molecule has 0 aliphatic carbocycles. The Hall–Kier alpha value is -2.60. The molecule has 24 heavy (non-hydrogen) atoms. The summed E-state index contributed by atoms with van der Waals surface area (Å²) in [6, 6.07) is 12.9. The first-order chi connectivity index (χ1) is 11.6. The average Bonchev–Trinajstić information content (AvgIpc) is 3.02. The number of carbonyl (C=O) groups is 1. The third kappa shape index (κ3) is 3.49. The highest BCUT2D eigenvalue weighted by molar-refractivity contribution is 9.10. The van der Waals surface area contributed by atoms with E-state index in [9.17, 15) is 4.79 Å². The summed E-state index contributed by atoms with van der Waals surface area (Å²) in [5.74, 6) is 0.444. The molecular weight excluding hydrogens is 370 g/mol. The molecule has 0 aliphatic heterocycles. The Balaban J connectivity index is 1.79. The first-order valence-corrected chi connectivity index (χ1v) is 8.13. The van der Waals surface area contributed by atoms with Gasteiger partial charge in [-0.3, -0.25) is 4.79 Å². The number of carbonyl (C=O) groups excluding carboxylic acids is 1. The molecule has 1 heterocycles. The number of halogens is 1. The van der Waals surface area contributed by atoms with Gasteiger partial charge in [0.25, 0.3) is 5.91 Å². The molecule has 1 amide bonds. The molecule has 3 rings (SSSR count). The Kier molecular flexibility index (Phi) is 4.66. The molecule has 0 unspecified atom stereocenters. The SMILES string of the molecule is COc1ccc(C)cc1NC(=O)c1ccc(-n2cc(Br)cn2)cc1. The summed E-state index contributed by atoms with van der Waals surface area (Å²) in [4.78, 5) is 12.4. The molecule has 0 bridgehead atoms. The second-order valence-corrected chi connectivity index (χ2v) is 6.22. The van der Waals surface area contributed by atoms with Crippen LogP contribution in [0, 0.1) is 6.92 Å². The van der Waals surface area contributed by atoms with Gasteiger partial charge >= 0.3 is 0 Å². The number of methoxy groups -OCH3 is 1. The van der Waals surface area contributed by atoms with Crippen molar-refractivity contribution < 1.29 is 9.53 Å². The quantitative estimate of drug-likeness (QED) is 0.731. The highest BCUT2D eigenvalue weighted by Crippen LogP contribution is 2.25. The minimum absolute atomic E-state index is 0.188. The van der Waals surface area contributed by atoms with E-state index in [0.29, 0.717) is 17.0 Å². The van der Waals surface area contributed by atoms with Crippen LogP contribution in [0.3, 0.4) is 0 Å². The van der Waals surface area contributed by atoms with Crippen molar-refractivity contribution in [3.05, 3.63) is 70.5 Å². The van der Waals surface area contributed by atoms with Gasteiger partial charge in [-0.15, -0.1) is 0 Å². The van der Waals surface area contributed by atoms with Crippen LogP contribution in [0.25, 0.3) is 5.69 Å². The first kappa shape index (κ1) is 16.3. The maximum atomic E-state index is 12.4. The van der Waals surface area contributed by atoms with Crippen LogP contribution in [0.5, 0.6) is 5.75 Å². The van der Waals surface area contributed by atoms with E-state index in [1.54, 1.807) is 30.1 Å². The van der Waals surface area contributed by atoms with Gasteiger partial charge in [0.05, 0.1) is 29.2 Å². The van der Waals surface area contributed by atoms with Crippen molar-refractivity contribution in [2.45, 2.75) is 6.92 Å². The maximum absolute atomic E-state index is 12.4. The van der Waals surface area contributed by atoms with Crippen LogP contribution in [0.2, 0.25) is 0 Å². The van der Waals surface area contributed by atoms with Crippen LogP contribution in [0.1, 0.15) is 15.9 Å². The number of ether oxygens (including phenoxy) is 1. The van der Waals surface area contributed by atoms with E-state index >= 15 is 0 Å². The number of aryl methyl sites for hydroxylation is 1. The van der Waals surface area contributed by atoms with E-state index in [0.717, 1.165) is 15.7 Å². The molecule has 0 radical (unpaired) electrons. The molecular formula is C18H16BrN3O2. The smallest absolute Gasteiger partial charge is 0.255 e. The highest BCUT2D eigenvalue weighted by Gasteiger charge is 2.10. The van der Waals surface area contributed by atoms with Gasteiger partial charge in [-0.25, -0.2) is 4.68 Å². The molecule has 0 atom stereocenters. The van der Waals surface area contributed by atoms with Crippen LogP contribution in [0.15, 0.2) is 59.3 Å². The number of nitrogens with one attached hydrogen (secondary N) is 1. The summed E-state index contributed by atoms with van der Waals surface area (Å²) in [6.07, 6.45) is 3.57. The Morgan fingerprint density at radius 2 is 1.96 bits per heavy atom. The van der Waals surface area contributed by atoms with Gasteiger partial charge < -0.3 is 10.1 Å². The molecule has 0 spiro atoms.